The summed E-state index contributed by atoms with van der Waals surface area (Å²) < 4.78 is 57.7. The second kappa shape index (κ2) is 10.8. The van der Waals surface area contributed by atoms with Gasteiger partial charge in [0.05, 0.1) is 30.0 Å². The Balaban J connectivity index is 1.54. The number of aromatic nitrogens is 2. The van der Waals surface area contributed by atoms with Gasteiger partial charge in [-0.25, -0.2) is 26.7 Å². The number of allylic oxidation sites excluding steroid dienone is 1. The van der Waals surface area contributed by atoms with Gasteiger partial charge in [-0.3, -0.25) is 4.68 Å². The van der Waals surface area contributed by atoms with Crippen LogP contribution in [0.1, 0.15) is 23.2 Å². The third-order valence-corrected chi connectivity index (χ3v) is 9.55. The topological polar surface area (TPSA) is 93.1 Å². The van der Waals surface area contributed by atoms with Crippen LogP contribution in [0.5, 0.6) is 0 Å². The van der Waals surface area contributed by atoms with Crippen molar-refractivity contribution in [1.82, 2.24) is 19.8 Å². The molecular formula is C21H16Cl4F2N4O3S2. The molecule has 192 valence electrons. The highest BCUT2D eigenvalue weighted by Gasteiger charge is 2.31. The van der Waals surface area contributed by atoms with E-state index in [-0.39, 0.29) is 37.8 Å². The predicted octanol–water partition coefficient (Wildman–Crippen LogP) is 6.26. The third kappa shape index (κ3) is 5.81. The molecule has 0 bridgehead atoms. The number of alkyl halides is 1. The molecule has 2 heterocycles. The van der Waals surface area contributed by atoms with Crippen LogP contribution in [0.4, 0.5) is 13.6 Å². The molecule has 2 N–H and O–H groups in total. The average molecular weight is 616 g/mol. The zero-order valence-electron chi connectivity index (χ0n) is 18.0. The Morgan fingerprint density at radius 2 is 1.94 bits per heavy atom. The molecule has 1 aromatic carbocycles. The van der Waals surface area contributed by atoms with Crippen molar-refractivity contribution in [2.45, 2.75) is 29.8 Å². The number of amides is 2. The van der Waals surface area contributed by atoms with Gasteiger partial charge in [0.2, 0.25) is 0 Å². The summed E-state index contributed by atoms with van der Waals surface area (Å²) in [5.74, 6) is -0.970. The first-order valence-electron chi connectivity index (χ1n) is 10.2. The number of carbonyl (C=O) groups excluding carboxylic acids is 1. The van der Waals surface area contributed by atoms with Crippen molar-refractivity contribution in [3.63, 3.8) is 0 Å². The molecule has 3 aromatic rings. The summed E-state index contributed by atoms with van der Waals surface area (Å²) in [6, 6.07) is 4.76. The Labute approximate surface area is 229 Å². The van der Waals surface area contributed by atoms with E-state index in [9.17, 15) is 17.6 Å². The fraction of sp³-hybridized carbons (Fsp3) is 0.238. The lowest BCUT2D eigenvalue weighted by Crippen LogP contribution is -2.40. The van der Waals surface area contributed by atoms with E-state index in [0.717, 1.165) is 6.07 Å². The van der Waals surface area contributed by atoms with Gasteiger partial charge in [0.1, 0.15) is 20.5 Å². The number of benzene rings is 1. The fourth-order valence-corrected chi connectivity index (χ4v) is 6.92. The molecule has 7 nitrogen and oxygen atoms in total. The monoisotopic (exact) mass is 614 g/mol. The minimum Gasteiger partial charge on any atom is -0.331 e. The molecule has 0 fully saturated rings. The first-order valence-corrected chi connectivity index (χ1v) is 14.0. The number of thiophene rings is 1. The lowest BCUT2D eigenvalue weighted by atomic mass is 9.90. The molecule has 4 rings (SSSR count). The van der Waals surface area contributed by atoms with Gasteiger partial charge in [0, 0.05) is 15.6 Å². The first-order chi connectivity index (χ1) is 17.0. The zero-order valence-corrected chi connectivity index (χ0v) is 22.7. The van der Waals surface area contributed by atoms with E-state index >= 15 is 4.39 Å². The molecular weight excluding hydrogens is 600 g/mol. The second-order valence-corrected chi connectivity index (χ2v) is 12.5. The van der Waals surface area contributed by atoms with Crippen LogP contribution in [-0.2, 0) is 23.0 Å². The minimum absolute atomic E-state index is 0.0109. The maximum Gasteiger partial charge on any atom is 0.329 e. The molecule has 0 spiro atoms. The van der Waals surface area contributed by atoms with E-state index in [1.54, 1.807) is 22.9 Å². The van der Waals surface area contributed by atoms with Gasteiger partial charge >= 0.3 is 6.03 Å². The van der Waals surface area contributed by atoms with E-state index in [0.29, 0.717) is 38.9 Å². The number of fused-ring (bicyclic) bond motifs is 1. The first kappa shape index (κ1) is 27.2. The van der Waals surface area contributed by atoms with E-state index in [1.165, 1.54) is 10.9 Å². The lowest BCUT2D eigenvalue weighted by Gasteiger charge is -2.22. The molecule has 0 saturated carbocycles. The molecule has 0 saturated heterocycles. The van der Waals surface area contributed by atoms with Crippen molar-refractivity contribution >= 4 is 79.4 Å². The van der Waals surface area contributed by atoms with Gasteiger partial charge in [-0.05, 0) is 42.2 Å². The van der Waals surface area contributed by atoms with Gasteiger partial charge in [-0.15, -0.1) is 11.3 Å². The number of urea groups is 1. The number of carbonyl (C=O) groups is 1. The van der Waals surface area contributed by atoms with Gasteiger partial charge in [-0.1, -0.05) is 52.5 Å². The number of nitrogens with zero attached hydrogens (tertiary/aromatic N) is 2. The van der Waals surface area contributed by atoms with E-state index in [1.807, 2.05) is 0 Å². The molecule has 1 atom stereocenters. The van der Waals surface area contributed by atoms with Crippen molar-refractivity contribution in [2.24, 2.45) is 0 Å². The summed E-state index contributed by atoms with van der Waals surface area (Å²) in [7, 11) is -4.29. The van der Waals surface area contributed by atoms with Gasteiger partial charge in [0.15, 0.2) is 0 Å². The van der Waals surface area contributed by atoms with Gasteiger partial charge in [0.25, 0.3) is 10.0 Å². The summed E-state index contributed by atoms with van der Waals surface area (Å²) in [5.41, 5.74) is 1.26. The number of halogens is 6. The highest BCUT2D eigenvalue weighted by atomic mass is 35.5. The molecule has 1 aliphatic carbocycles. The summed E-state index contributed by atoms with van der Waals surface area (Å²) in [4.78, 5) is 12.2. The highest BCUT2D eigenvalue weighted by Crippen LogP contribution is 2.37. The Kier molecular flexibility index (Phi) is 8.18. The highest BCUT2D eigenvalue weighted by molar-refractivity contribution is 7.92. The Morgan fingerprint density at radius 1 is 1.19 bits per heavy atom. The van der Waals surface area contributed by atoms with Crippen molar-refractivity contribution in [3.05, 3.63) is 72.5 Å². The van der Waals surface area contributed by atoms with Crippen LogP contribution in [0.3, 0.4) is 0 Å². The van der Waals surface area contributed by atoms with Gasteiger partial charge < -0.3 is 5.32 Å². The molecule has 15 heteroatoms. The van der Waals surface area contributed by atoms with Crippen molar-refractivity contribution in [3.8, 4) is 0 Å². The normalized spacial score (nSPS) is 17.0. The molecule has 1 aliphatic rings. The zero-order chi connectivity index (χ0) is 26.2. The van der Waals surface area contributed by atoms with Gasteiger partial charge in [-0.2, -0.15) is 5.10 Å². The number of aryl methyl sites for hydroxylation is 1. The SMILES string of the molecule is O=C(NC/C(F)=C1/c2c(cnn2Cc2ccc(Cl)cc2Cl)CCC1F)NS(=O)(=O)c1cc(Cl)c(Cl)s1. The van der Waals surface area contributed by atoms with Crippen molar-refractivity contribution in [2.75, 3.05) is 6.54 Å². The summed E-state index contributed by atoms with van der Waals surface area (Å²) in [5, 5.41) is 7.19. The number of hydrogen-bond acceptors (Lipinski definition) is 5. The molecule has 2 amide bonds. The molecule has 1 unspecified atom stereocenters. The average Bonchev–Trinajstić information content (AvgIpc) is 3.37. The Morgan fingerprint density at radius 3 is 2.61 bits per heavy atom. The van der Waals surface area contributed by atoms with E-state index in [4.69, 9.17) is 46.4 Å². The molecule has 36 heavy (non-hydrogen) atoms. The standard InChI is InChI=1S/C21H16Cl4F2N4O3S2/c22-12-3-1-11(13(23)5-12)9-31-19-10(7-29-31)2-4-15(26)18(19)16(27)8-28-21(32)30-36(33,34)17-6-14(24)20(25)35-17/h1,3,5-7,15H,2,4,8-9H2,(H2,28,30,32)/b18-16-. The maximum atomic E-state index is 15.2. The smallest absolute Gasteiger partial charge is 0.329 e. The molecule has 2 aromatic heterocycles. The van der Waals surface area contributed by atoms with Crippen LogP contribution in [0.2, 0.25) is 19.4 Å². The summed E-state index contributed by atoms with van der Waals surface area (Å²) >= 11 is 24.4. The number of nitrogens with one attached hydrogen (secondary N) is 2. The Hall–Kier alpha value is -1.89. The van der Waals surface area contributed by atoms with Crippen LogP contribution in [-0.4, -0.2) is 36.9 Å². The van der Waals surface area contributed by atoms with E-state index < -0.39 is 34.6 Å². The predicted molar refractivity (Wildman–Crippen MR) is 137 cm³/mol. The lowest BCUT2D eigenvalue weighted by molar-refractivity contribution is 0.246. The van der Waals surface area contributed by atoms with Crippen molar-refractivity contribution < 1.29 is 22.0 Å². The van der Waals surface area contributed by atoms with E-state index in [2.05, 4.69) is 10.4 Å². The van der Waals surface area contributed by atoms with Crippen LogP contribution in [0.15, 0.2) is 40.5 Å². The van der Waals surface area contributed by atoms with Crippen LogP contribution < -0.4 is 10.0 Å². The summed E-state index contributed by atoms with van der Waals surface area (Å²) in [6.07, 6.45) is 0.253. The fourth-order valence-electron chi connectivity index (χ4n) is 3.64. The Bertz CT molecular complexity index is 1450. The molecule has 0 aliphatic heterocycles. The van der Waals surface area contributed by atoms with Crippen LogP contribution >= 0.6 is 57.7 Å². The third-order valence-electron chi connectivity index (χ3n) is 5.30. The second-order valence-electron chi connectivity index (χ2n) is 7.71. The van der Waals surface area contributed by atoms with Crippen LogP contribution in [0, 0.1) is 0 Å². The van der Waals surface area contributed by atoms with Crippen LogP contribution in [0.25, 0.3) is 5.57 Å². The van der Waals surface area contributed by atoms with Crippen molar-refractivity contribution in [1.29, 1.82) is 0 Å². The number of rotatable bonds is 6. The number of hydrogen-bond donors (Lipinski definition) is 2. The number of sulfonamides is 1. The minimum atomic E-state index is -4.29. The molecule has 0 radical (unpaired) electrons. The largest absolute Gasteiger partial charge is 0.331 e. The quantitative estimate of drug-likeness (QED) is 0.342. The summed E-state index contributed by atoms with van der Waals surface area (Å²) in [6.45, 7) is -0.623. The maximum absolute atomic E-state index is 15.2.